The molecule has 0 spiro atoms. The molecule has 1 heterocycles. The number of hydrogen-bond donors (Lipinski definition) is 1. The molecule has 0 aromatic rings. The monoisotopic (exact) mass is 166 g/mol. The average Bonchev–Trinajstić information content (AvgIpc) is 2.44. The molecule has 7 heavy (non-hydrogen) atoms. The Morgan fingerprint density at radius 1 is 2.00 bits per heavy atom. The third-order valence-corrected chi connectivity index (χ3v) is 1.61. The van der Waals surface area contributed by atoms with Gasteiger partial charge in [-0.25, -0.2) is 0 Å². The van der Waals surface area contributed by atoms with Crippen LogP contribution < -0.4 is 0 Å². The van der Waals surface area contributed by atoms with E-state index in [2.05, 4.69) is 15.9 Å². The second kappa shape index (κ2) is 2.11. The lowest BCUT2D eigenvalue weighted by molar-refractivity contribution is 0.158. The highest BCUT2D eigenvalue weighted by atomic mass is 79.9. The van der Waals surface area contributed by atoms with E-state index in [1.165, 1.54) is 0 Å². The summed E-state index contributed by atoms with van der Waals surface area (Å²) in [5, 5.41) is 9.45. The van der Waals surface area contributed by atoms with Gasteiger partial charge in [0, 0.05) is 5.33 Å². The molecule has 2 nitrogen and oxygen atoms in total. The second-order valence-corrected chi connectivity index (χ2v) is 2.24. The topological polar surface area (TPSA) is 32.8 Å². The Kier molecular flexibility index (Phi) is 1.67. The minimum atomic E-state index is -0.292. The second-order valence-electron chi connectivity index (χ2n) is 1.59. The van der Waals surface area contributed by atoms with E-state index in [-0.39, 0.29) is 12.2 Å². The van der Waals surface area contributed by atoms with Gasteiger partial charge < -0.3 is 9.84 Å². The smallest absolute Gasteiger partial charge is 0.108 e. The largest absolute Gasteiger partial charge is 0.389 e. The zero-order chi connectivity index (χ0) is 5.28. The Morgan fingerprint density at radius 3 is 2.71 bits per heavy atom. The first-order chi connectivity index (χ1) is 3.34. The van der Waals surface area contributed by atoms with Gasteiger partial charge in [-0.15, -0.1) is 0 Å². The highest BCUT2D eigenvalue weighted by molar-refractivity contribution is 9.09. The predicted molar refractivity (Wildman–Crippen MR) is 29.5 cm³/mol. The van der Waals surface area contributed by atoms with E-state index >= 15 is 0 Å². The fourth-order valence-electron chi connectivity index (χ4n) is 0.377. The molecular formula is C4H7BrO2. The molecule has 42 valence electrons. The molecule has 3 heteroatoms. The Morgan fingerprint density at radius 2 is 2.57 bits per heavy atom. The maximum Gasteiger partial charge on any atom is 0.108 e. The van der Waals surface area contributed by atoms with Crippen LogP contribution in [0.15, 0.2) is 0 Å². The van der Waals surface area contributed by atoms with Crippen LogP contribution in [-0.2, 0) is 4.74 Å². The molecule has 0 aromatic heterocycles. The molecule has 2 atom stereocenters. The van der Waals surface area contributed by atoms with Crippen LogP contribution in [0.25, 0.3) is 0 Å². The van der Waals surface area contributed by atoms with E-state index in [1.54, 1.807) is 0 Å². The summed E-state index contributed by atoms with van der Waals surface area (Å²) >= 11 is 3.13. The third-order valence-electron chi connectivity index (χ3n) is 0.946. The van der Waals surface area contributed by atoms with Crippen molar-refractivity contribution in [1.82, 2.24) is 0 Å². The molecular weight excluding hydrogens is 160 g/mol. The van der Waals surface area contributed by atoms with Crippen LogP contribution in [0, 0.1) is 0 Å². The first kappa shape index (κ1) is 5.54. The predicted octanol–water partition coefficient (Wildman–Crippen LogP) is 0.141. The van der Waals surface area contributed by atoms with Gasteiger partial charge in [0.2, 0.25) is 0 Å². The van der Waals surface area contributed by atoms with E-state index in [0.717, 1.165) is 6.61 Å². The summed E-state index contributed by atoms with van der Waals surface area (Å²) < 4.78 is 4.78. The minimum Gasteiger partial charge on any atom is -0.389 e. The van der Waals surface area contributed by atoms with Crippen molar-refractivity contribution in [2.45, 2.75) is 12.2 Å². The summed E-state index contributed by atoms with van der Waals surface area (Å²) in [6, 6.07) is 0. The number of epoxide rings is 1. The molecule has 1 aliphatic heterocycles. The zero-order valence-corrected chi connectivity index (χ0v) is 5.39. The van der Waals surface area contributed by atoms with Gasteiger partial charge >= 0.3 is 0 Å². The van der Waals surface area contributed by atoms with Crippen LogP contribution in [0.2, 0.25) is 0 Å². The van der Waals surface area contributed by atoms with Gasteiger partial charge in [0.25, 0.3) is 0 Å². The van der Waals surface area contributed by atoms with Gasteiger partial charge in [0.05, 0.1) is 12.7 Å². The summed E-state index contributed by atoms with van der Waals surface area (Å²) in [5.74, 6) is 0. The van der Waals surface area contributed by atoms with Crippen molar-refractivity contribution in [3.63, 3.8) is 0 Å². The minimum absolute atomic E-state index is 0.124. The Labute approximate surface area is 50.6 Å². The van der Waals surface area contributed by atoms with Gasteiger partial charge in [0.1, 0.15) is 6.10 Å². The summed E-state index contributed by atoms with van der Waals surface area (Å²) in [7, 11) is 0. The van der Waals surface area contributed by atoms with Gasteiger partial charge in [-0.1, -0.05) is 15.9 Å². The fraction of sp³-hybridized carbons (Fsp3) is 1.00. The Balaban J connectivity index is 2.10. The van der Waals surface area contributed by atoms with Gasteiger partial charge in [0.15, 0.2) is 0 Å². The standard InChI is InChI=1S/C4H7BrO2/c5-1-3(6)4-2-7-4/h3-4,6H,1-2H2. The van der Waals surface area contributed by atoms with Crippen molar-refractivity contribution in [3.8, 4) is 0 Å². The van der Waals surface area contributed by atoms with Crippen molar-refractivity contribution in [3.05, 3.63) is 0 Å². The maximum absolute atomic E-state index is 8.83. The lowest BCUT2D eigenvalue weighted by Crippen LogP contribution is -2.15. The van der Waals surface area contributed by atoms with Crippen molar-refractivity contribution in [1.29, 1.82) is 0 Å². The molecule has 0 bridgehead atoms. The van der Waals surface area contributed by atoms with Crippen LogP contribution in [0.3, 0.4) is 0 Å². The molecule has 0 saturated carbocycles. The van der Waals surface area contributed by atoms with E-state index < -0.39 is 0 Å². The zero-order valence-electron chi connectivity index (χ0n) is 3.80. The third kappa shape index (κ3) is 1.40. The van der Waals surface area contributed by atoms with Crippen LogP contribution in [0.5, 0.6) is 0 Å². The number of aliphatic hydroxyl groups is 1. The van der Waals surface area contributed by atoms with Crippen LogP contribution in [-0.4, -0.2) is 29.3 Å². The van der Waals surface area contributed by atoms with Gasteiger partial charge in [-0.2, -0.15) is 0 Å². The van der Waals surface area contributed by atoms with Crippen LogP contribution in [0.4, 0.5) is 0 Å². The number of hydrogen-bond acceptors (Lipinski definition) is 2. The fourth-order valence-corrected chi connectivity index (χ4v) is 0.794. The maximum atomic E-state index is 8.83. The SMILES string of the molecule is OC(CBr)C1CO1. The van der Waals surface area contributed by atoms with E-state index in [1.807, 2.05) is 0 Å². The molecule has 0 aliphatic carbocycles. The number of ether oxygens (including phenoxy) is 1. The molecule has 0 radical (unpaired) electrons. The number of rotatable bonds is 2. The first-order valence-corrected chi connectivity index (χ1v) is 3.32. The first-order valence-electron chi connectivity index (χ1n) is 2.20. The molecule has 2 unspecified atom stereocenters. The highest BCUT2D eigenvalue weighted by Crippen LogP contribution is 2.14. The van der Waals surface area contributed by atoms with Crippen molar-refractivity contribution in [2.75, 3.05) is 11.9 Å². The molecule has 1 saturated heterocycles. The quantitative estimate of drug-likeness (QED) is 0.468. The molecule has 0 aromatic carbocycles. The highest BCUT2D eigenvalue weighted by Gasteiger charge is 2.29. The lowest BCUT2D eigenvalue weighted by atomic mass is 10.3. The van der Waals surface area contributed by atoms with Crippen molar-refractivity contribution < 1.29 is 9.84 Å². The number of alkyl halides is 1. The molecule has 1 rings (SSSR count). The average molecular weight is 167 g/mol. The summed E-state index contributed by atoms with van der Waals surface area (Å²) in [6.45, 7) is 0.729. The van der Waals surface area contributed by atoms with Crippen molar-refractivity contribution in [2.24, 2.45) is 0 Å². The number of halogens is 1. The molecule has 1 aliphatic rings. The summed E-state index contributed by atoms with van der Waals surface area (Å²) in [6.07, 6.45) is -0.167. The molecule has 1 fully saturated rings. The normalized spacial score (nSPS) is 32.6. The van der Waals surface area contributed by atoms with Gasteiger partial charge in [-0.3, -0.25) is 0 Å². The van der Waals surface area contributed by atoms with Crippen LogP contribution >= 0.6 is 15.9 Å². The van der Waals surface area contributed by atoms with E-state index in [4.69, 9.17) is 9.84 Å². The Bertz CT molecular complexity index is 62.7. The van der Waals surface area contributed by atoms with E-state index in [0.29, 0.717) is 5.33 Å². The summed E-state index contributed by atoms with van der Waals surface area (Å²) in [5.41, 5.74) is 0. The lowest BCUT2D eigenvalue weighted by Gasteiger charge is -1.97. The number of aliphatic hydroxyl groups excluding tert-OH is 1. The molecule has 0 amide bonds. The van der Waals surface area contributed by atoms with E-state index in [9.17, 15) is 0 Å². The van der Waals surface area contributed by atoms with Crippen LogP contribution in [0.1, 0.15) is 0 Å². The van der Waals surface area contributed by atoms with Gasteiger partial charge in [-0.05, 0) is 0 Å². The van der Waals surface area contributed by atoms with Crippen molar-refractivity contribution >= 4 is 15.9 Å². The Hall–Kier alpha value is 0.400. The molecule has 1 N–H and O–H groups in total. The summed E-state index contributed by atoms with van der Waals surface area (Å²) in [4.78, 5) is 0.